The Labute approximate surface area is 159 Å². The standard InChI is InChI=1S/C20H25O2P.Li.H/c1-6-9-22-17-7-8-18(14(3)12-17)23-20(21)19-15(4)10-13(2)11-16(19)5;;/h7-8,10-12,23H,6,9H2,1-5H3;;. The summed E-state index contributed by atoms with van der Waals surface area (Å²) in [5, 5.41) is 1.10. The van der Waals surface area contributed by atoms with Gasteiger partial charge in [-0.25, -0.2) is 0 Å². The average Bonchev–Trinajstić information content (AvgIpc) is 2.46. The summed E-state index contributed by atoms with van der Waals surface area (Å²) >= 11 is 0. The fraction of sp³-hybridized carbons (Fsp3) is 0.350. The van der Waals surface area contributed by atoms with E-state index in [1.165, 1.54) is 5.56 Å². The fourth-order valence-electron chi connectivity index (χ4n) is 2.81. The second kappa shape index (κ2) is 9.43. The van der Waals surface area contributed by atoms with Gasteiger partial charge in [0, 0.05) is 5.56 Å². The second-order valence-electron chi connectivity index (χ2n) is 6.05. The number of aryl methyl sites for hydroxylation is 4. The summed E-state index contributed by atoms with van der Waals surface area (Å²) in [6.07, 6.45) is 0.993. The van der Waals surface area contributed by atoms with E-state index in [4.69, 9.17) is 4.74 Å². The molecule has 2 aromatic carbocycles. The molecule has 124 valence electrons. The van der Waals surface area contributed by atoms with Crippen LogP contribution in [-0.4, -0.2) is 31.0 Å². The molecule has 0 heterocycles. The van der Waals surface area contributed by atoms with E-state index in [1.54, 1.807) is 0 Å². The van der Waals surface area contributed by atoms with E-state index in [9.17, 15) is 4.79 Å². The molecule has 0 saturated heterocycles. The number of hydrogen-bond donors (Lipinski definition) is 0. The zero-order chi connectivity index (χ0) is 17.0. The van der Waals surface area contributed by atoms with E-state index < -0.39 is 0 Å². The molecule has 4 heteroatoms. The maximum atomic E-state index is 12.8. The predicted octanol–water partition coefficient (Wildman–Crippen LogP) is 4.20. The van der Waals surface area contributed by atoms with E-state index in [1.807, 2.05) is 39.0 Å². The molecule has 0 aromatic heterocycles. The third-order valence-electron chi connectivity index (χ3n) is 3.82. The van der Waals surface area contributed by atoms with Gasteiger partial charge in [-0.1, -0.05) is 30.7 Å². The molecule has 2 nitrogen and oxygen atoms in total. The molecule has 0 aliphatic rings. The zero-order valence-electron chi connectivity index (χ0n) is 14.6. The Morgan fingerprint density at radius 2 is 1.62 bits per heavy atom. The number of carbonyl (C=O) groups is 1. The van der Waals surface area contributed by atoms with Crippen LogP contribution in [0, 0.1) is 27.7 Å². The Bertz CT molecular complexity index is 703. The van der Waals surface area contributed by atoms with Crippen molar-refractivity contribution in [2.24, 2.45) is 0 Å². The molecule has 1 unspecified atom stereocenters. The number of hydrogen-bond acceptors (Lipinski definition) is 2. The molecule has 0 bridgehead atoms. The van der Waals surface area contributed by atoms with Crippen molar-refractivity contribution in [1.82, 2.24) is 0 Å². The summed E-state index contributed by atoms with van der Waals surface area (Å²) in [6, 6.07) is 10.2. The summed E-state index contributed by atoms with van der Waals surface area (Å²) < 4.78 is 5.65. The van der Waals surface area contributed by atoms with Crippen LogP contribution in [0.3, 0.4) is 0 Å². The van der Waals surface area contributed by atoms with Crippen molar-refractivity contribution >= 4 is 38.3 Å². The topological polar surface area (TPSA) is 26.3 Å². The first-order valence-electron chi connectivity index (χ1n) is 8.05. The third-order valence-corrected chi connectivity index (χ3v) is 5.13. The van der Waals surface area contributed by atoms with Crippen molar-refractivity contribution < 1.29 is 9.53 Å². The average molecular weight is 336 g/mol. The Kier molecular flexibility index (Phi) is 8.24. The summed E-state index contributed by atoms with van der Waals surface area (Å²) in [7, 11) is 0.148. The van der Waals surface area contributed by atoms with Crippen molar-refractivity contribution in [3.05, 3.63) is 58.1 Å². The van der Waals surface area contributed by atoms with Crippen LogP contribution in [0.5, 0.6) is 5.75 Å². The normalized spacial score (nSPS) is 10.7. The van der Waals surface area contributed by atoms with E-state index in [0.29, 0.717) is 0 Å². The summed E-state index contributed by atoms with van der Waals surface area (Å²) in [6.45, 7) is 11.0. The molecule has 0 radical (unpaired) electrons. The molecule has 0 fully saturated rings. The van der Waals surface area contributed by atoms with Gasteiger partial charge in [0.05, 0.1) is 6.61 Å². The van der Waals surface area contributed by atoms with Crippen molar-refractivity contribution in [2.45, 2.75) is 41.0 Å². The first kappa shape index (κ1) is 21.0. The van der Waals surface area contributed by atoms with Gasteiger partial charge >= 0.3 is 18.9 Å². The Morgan fingerprint density at radius 3 is 2.17 bits per heavy atom. The molecule has 1 atom stereocenters. The molecule has 2 aromatic rings. The Morgan fingerprint density at radius 1 is 1.00 bits per heavy atom. The molecule has 2 rings (SSSR count). The SMILES string of the molecule is CCCOc1ccc(PC(=O)c2c(C)cc(C)cc2C)c(C)c1.[LiH]. The van der Waals surface area contributed by atoms with Crippen LogP contribution in [0.4, 0.5) is 0 Å². The number of rotatable bonds is 6. The molecule has 0 aliphatic carbocycles. The minimum absolute atomic E-state index is 0. The summed E-state index contributed by atoms with van der Waals surface area (Å²) in [5.41, 5.74) is 5.55. The van der Waals surface area contributed by atoms with E-state index in [0.717, 1.165) is 46.3 Å². The molecule has 0 aliphatic heterocycles. The van der Waals surface area contributed by atoms with Gasteiger partial charge in [0.1, 0.15) is 5.75 Å². The summed E-state index contributed by atoms with van der Waals surface area (Å²) in [5.74, 6) is 0.882. The number of benzene rings is 2. The fourth-order valence-corrected chi connectivity index (χ4v) is 4.01. The van der Waals surface area contributed by atoms with Crippen LogP contribution in [0.2, 0.25) is 0 Å². The summed E-state index contributed by atoms with van der Waals surface area (Å²) in [4.78, 5) is 12.8. The van der Waals surface area contributed by atoms with Crippen LogP contribution < -0.4 is 10.0 Å². The molecule has 0 spiro atoms. The molecular formula is C20H26LiO2P. The molecule has 24 heavy (non-hydrogen) atoms. The molecule has 0 saturated carbocycles. The van der Waals surface area contributed by atoms with Crippen LogP contribution in [0.1, 0.15) is 46.0 Å². The maximum absolute atomic E-state index is 12.8. The number of ether oxygens (including phenoxy) is 1. The van der Waals surface area contributed by atoms with Crippen molar-refractivity contribution in [2.75, 3.05) is 6.61 Å². The van der Waals surface area contributed by atoms with Crippen molar-refractivity contribution in [1.29, 1.82) is 0 Å². The number of carbonyl (C=O) groups excluding carboxylic acids is 1. The van der Waals surface area contributed by atoms with Crippen molar-refractivity contribution in [3.63, 3.8) is 0 Å². The third kappa shape index (κ3) is 5.22. The predicted molar refractivity (Wildman–Crippen MR) is 107 cm³/mol. The van der Waals surface area contributed by atoms with Gasteiger partial charge in [-0.2, -0.15) is 0 Å². The van der Waals surface area contributed by atoms with Crippen LogP contribution >= 0.6 is 8.58 Å². The van der Waals surface area contributed by atoms with E-state index in [-0.39, 0.29) is 33.0 Å². The monoisotopic (exact) mass is 336 g/mol. The van der Waals surface area contributed by atoms with Crippen LogP contribution in [0.15, 0.2) is 30.3 Å². The zero-order valence-corrected chi connectivity index (χ0v) is 15.6. The van der Waals surface area contributed by atoms with Gasteiger partial charge in [0.25, 0.3) is 0 Å². The van der Waals surface area contributed by atoms with Crippen molar-refractivity contribution in [3.8, 4) is 5.75 Å². The van der Waals surface area contributed by atoms with Gasteiger partial charge in [-0.05, 0) is 76.8 Å². The minimum atomic E-state index is 0. The van der Waals surface area contributed by atoms with Gasteiger partial charge in [-0.15, -0.1) is 0 Å². The first-order chi connectivity index (χ1) is 10.9. The van der Waals surface area contributed by atoms with Gasteiger partial charge in [0.15, 0.2) is 5.52 Å². The molecule has 0 amide bonds. The Hall–Kier alpha value is -1.06. The van der Waals surface area contributed by atoms with Gasteiger partial charge in [-0.3, -0.25) is 4.79 Å². The van der Waals surface area contributed by atoms with Gasteiger partial charge < -0.3 is 4.74 Å². The molecular weight excluding hydrogens is 310 g/mol. The van der Waals surface area contributed by atoms with Crippen LogP contribution in [-0.2, 0) is 0 Å². The Balaban J connectivity index is 0.00000288. The quantitative estimate of drug-likeness (QED) is 0.584. The van der Waals surface area contributed by atoms with E-state index in [2.05, 4.69) is 26.0 Å². The molecule has 0 N–H and O–H groups in total. The van der Waals surface area contributed by atoms with Gasteiger partial charge in [0.2, 0.25) is 0 Å². The second-order valence-corrected chi connectivity index (χ2v) is 7.30. The van der Waals surface area contributed by atoms with E-state index >= 15 is 0 Å². The van der Waals surface area contributed by atoms with Crippen LogP contribution in [0.25, 0.3) is 0 Å². The first-order valence-corrected chi connectivity index (χ1v) is 9.05.